The van der Waals surface area contributed by atoms with Crippen LogP contribution in [0, 0.1) is 0 Å². The number of benzene rings is 1. The van der Waals surface area contributed by atoms with Crippen molar-refractivity contribution >= 4 is 15.9 Å². The van der Waals surface area contributed by atoms with Crippen LogP contribution in [-0.4, -0.2) is 11.7 Å². The number of unbranched alkanes of at least 4 members (excludes halogenated alkanes) is 4. The van der Waals surface area contributed by atoms with E-state index in [1.165, 1.54) is 25.7 Å². The zero-order chi connectivity index (χ0) is 12.5. The molecule has 0 heterocycles. The highest BCUT2D eigenvalue weighted by atomic mass is 79.9. The molecule has 17 heavy (non-hydrogen) atoms. The maximum atomic E-state index is 9.61. The summed E-state index contributed by atoms with van der Waals surface area (Å²) in [5, 5.41) is 9.61. The second kappa shape index (κ2) is 8.54. The van der Waals surface area contributed by atoms with Gasteiger partial charge >= 0.3 is 0 Å². The Bertz CT molecular complexity index is 326. The minimum atomic E-state index is 0.305. The van der Waals surface area contributed by atoms with E-state index < -0.39 is 0 Å². The Balaban J connectivity index is 2.15. The molecule has 0 radical (unpaired) electrons. The first-order valence-electron chi connectivity index (χ1n) is 6.29. The molecule has 1 aromatic carbocycles. The van der Waals surface area contributed by atoms with Crippen LogP contribution in [0.15, 0.2) is 22.7 Å². The SMILES string of the molecule is CCCCCCCOCc1cc(Br)ccc1O. The van der Waals surface area contributed by atoms with E-state index in [9.17, 15) is 5.11 Å². The molecule has 0 aliphatic heterocycles. The Morgan fingerprint density at radius 3 is 2.71 bits per heavy atom. The van der Waals surface area contributed by atoms with Gasteiger partial charge in [0.1, 0.15) is 5.75 Å². The molecule has 3 heteroatoms. The third-order valence-electron chi connectivity index (χ3n) is 2.69. The quantitative estimate of drug-likeness (QED) is 0.709. The second-order valence-electron chi connectivity index (χ2n) is 4.24. The van der Waals surface area contributed by atoms with Crippen molar-refractivity contribution < 1.29 is 9.84 Å². The fourth-order valence-electron chi connectivity index (χ4n) is 1.66. The van der Waals surface area contributed by atoms with Crippen LogP contribution in [0.2, 0.25) is 0 Å². The van der Waals surface area contributed by atoms with Crippen molar-refractivity contribution in [3.63, 3.8) is 0 Å². The lowest BCUT2D eigenvalue weighted by Crippen LogP contribution is -1.96. The van der Waals surface area contributed by atoms with E-state index in [1.807, 2.05) is 12.1 Å². The predicted octanol–water partition coefficient (Wildman–Crippen LogP) is 4.64. The molecule has 1 aromatic rings. The zero-order valence-electron chi connectivity index (χ0n) is 10.4. The molecule has 96 valence electrons. The first-order chi connectivity index (χ1) is 8.24. The van der Waals surface area contributed by atoms with Crippen molar-refractivity contribution in [1.82, 2.24) is 0 Å². The van der Waals surface area contributed by atoms with Crippen molar-refractivity contribution in [2.75, 3.05) is 6.61 Å². The molecule has 1 N–H and O–H groups in total. The molecule has 0 aliphatic rings. The van der Waals surface area contributed by atoms with Gasteiger partial charge in [0, 0.05) is 16.6 Å². The number of phenolic OH excluding ortho intramolecular Hbond substituents is 1. The lowest BCUT2D eigenvalue weighted by molar-refractivity contribution is 0.115. The molecule has 2 nitrogen and oxygen atoms in total. The van der Waals surface area contributed by atoms with Gasteiger partial charge in [-0.1, -0.05) is 48.5 Å². The van der Waals surface area contributed by atoms with Crippen LogP contribution < -0.4 is 0 Å². The molecule has 0 atom stereocenters. The first kappa shape index (κ1) is 14.5. The van der Waals surface area contributed by atoms with Gasteiger partial charge in [-0.25, -0.2) is 0 Å². The van der Waals surface area contributed by atoms with Crippen molar-refractivity contribution in [3.8, 4) is 5.75 Å². The number of ether oxygens (including phenoxy) is 1. The van der Waals surface area contributed by atoms with Crippen molar-refractivity contribution in [1.29, 1.82) is 0 Å². The number of hydrogen-bond acceptors (Lipinski definition) is 2. The third-order valence-corrected chi connectivity index (χ3v) is 3.18. The van der Waals surface area contributed by atoms with E-state index in [1.54, 1.807) is 6.07 Å². The highest BCUT2D eigenvalue weighted by molar-refractivity contribution is 9.10. The summed E-state index contributed by atoms with van der Waals surface area (Å²) in [6.45, 7) is 3.47. The highest BCUT2D eigenvalue weighted by Crippen LogP contribution is 2.22. The van der Waals surface area contributed by atoms with E-state index in [-0.39, 0.29) is 0 Å². The van der Waals surface area contributed by atoms with Crippen molar-refractivity contribution in [3.05, 3.63) is 28.2 Å². The Labute approximate surface area is 112 Å². The molecule has 0 fully saturated rings. The Hall–Kier alpha value is -0.540. The van der Waals surface area contributed by atoms with Crippen LogP contribution in [0.5, 0.6) is 5.75 Å². The lowest BCUT2D eigenvalue weighted by Gasteiger charge is -2.06. The van der Waals surface area contributed by atoms with E-state index in [4.69, 9.17) is 4.74 Å². The summed E-state index contributed by atoms with van der Waals surface area (Å²) in [7, 11) is 0. The molecule has 0 saturated heterocycles. The molecule has 0 saturated carbocycles. The summed E-state index contributed by atoms with van der Waals surface area (Å²) in [5.41, 5.74) is 0.841. The van der Waals surface area contributed by atoms with Gasteiger partial charge in [-0.05, 0) is 24.6 Å². The van der Waals surface area contributed by atoms with Crippen LogP contribution in [0.1, 0.15) is 44.6 Å². The molecule has 0 spiro atoms. The Kier molecular flexibility index (Phi) is 7.29. The van der Waals surface area contributed by atoms with Gasteiger partial charge < -0.3 is 9.84 Å². The summed E-state index contributed by atoms with van der Waals surface area (Å²) >= 11 is 3.38. The summed E-state index contributed by atoms with van der Waals surface area (Å²) < 4.78 is 6.52. The van der Waals surface area contributed by atoms with E-state index in [0.717, 1.165) is 23.1 Å². The second-order valence-corrected chi connectivity index (χ2v) is 5.16. The van der Waals surface area contributed by atoms with Crippen LogP contribution in [0.4, 0.5) is 0 Å². The van der Waals surface area contributed by atoms with Crippen LogP contribution in [-0.2, 0) is 11.3 Å². The smallest absolute Gasteiger partial charge is 0.121 e. The topological polar surface area (TPSA) is 29.5 Å². The lowest BCUT2D eigenvalue weighted by atomic mass is 10.2. The van der Waals surface area contributed by atoms with Gasteiger partial charge in [-0.2, -0.15) is 0 Å². The average Bonchev–Trinajstić information content (AvgIpc) is 2.32. The minimum absolute atomic E-state index is 0.305. The van der Waals surface area contributed by atoms with Crippen LogP contribution >= 0.6 is 15.9 Å². The minimum Gasteiger partial charge on any atom is -0.508 e. The molecule has 0 bridgehead atoms. The third kappa shape index (κ3) is 6.08. The molecular formula is C14H21BrO2. The molecule has 1 rings (SSSR count). The van der Waals surface area contributed by atoms with Crippen molar-refractivity contribution in [2.45, 2.75) is 45.6 Å². The molecule has 0 amide bonds. The maximum Gasteiger partial charge on any atom is 0.121 e. The zero-order valence-corrected chi connectivity index (χ0v) is 12.0. The number of phenols is 1. The normalized spacial score (nSPS) is 10.7. The van der Waals surface area contributed by atoms with Gasteiger partial charge in [0.15, 0.2) is 0 Å². The van der Waals surface area contributed by atoms with Gasteiger partial charge in [-0.3, -0.25) is 0 Å². The summed E-state index contributed by atoms with van der Waals surface area (Å²) in [6, 6.07) is 5.40. The number of rotatable bonds is 8. The Morgan fingerprint density at radius 2 is 1.94 bits per heavy atom. The number of aromatic hydroxyl groups is 1. The van der Waals surface area contributed by atoms with Crippen LogP contribution in [0.25, 0.3) is 0 Å². The van der Waals surface area contributed by atoms with Gasteiger partial charge in [0.2, 0.25) is 0 Å². The monoisotopic (exact) mass is 300 g/mol. The first-order valence-corrected chi connectivity index (χ1v) is 7.08. The summed E-state index contributed by atoms with van der Waals surface area (Å²) in [4.78, 5) is 0. The fourth-order valence-corrected chi connectivity index (χ4v) is 2.07. The molecule has 0 unspecified atom stereocenters. The van der Waals surface area contributed by atoms with E-state index in [2.05, 4.69) is 22.9 Å². The summed E-state index contributed by atoms with van der Waals surface area (Å²) in [5.74, 6) is 0.305. The molecular weight excluding hydrogens is 280 g/mol. The summed E-state index contributed by atoms with van der Waals surface area (Å²) in [6.07, 6.45) is 6.22. The standard InChI is InChI=1S/C14H21BrO2/c1-2-3-4-5-6-9-17-11-12-10-13(15)7-8-14(12)16/h7-8,10,16H,2-6,9,11H2,1H3. The highest BCUT2D eigenvalue weighted by Gasteiger charge is 2.01. The van der Waals surface area contributed by atoms with Crippen molar-refractivity contribution in [2.24, 2.45) is 0 Å². The largest absolute Gasteiger partial charge is 0.508 e. The predicted molar refractivity (Wildman–Crippen MR) is 74.2 cm³/mol. The van der Waals surface area contributed by atoms with E-state index in [0.29, 0.717) is 12.4 Å². The molecule has 0 aliphatic carbocycles. The average molecular weight is 301 g/mol. The van der Waals surface area contributed by atoms with Gasteiger partial charge in [0.25, 0.3) is 0 Å². The van der Waals surface area contributed by atoms with E-state index >= 15 is 0 Å². The van der Waals surface area contributed by atoms with Crippen LogP contribution in [0.3, 0.4) is 0 Å². The fraction of sp³-hybridized carbons (Fsp3) is 0.571. The molecule has 0 aromatic heterocycles. The number of halogens is 1. The van der Waals surface area contributed by atoms with Gasteiger partial charge in [-0.15, -0.1) is 0 Å². The number of hydrogen-bond donors (Lipinski definition) is 1. The Morgan fingerprint density at radius 1 is 1.18 bits per heavy atom. The van der Waals surface area contributed by atoms with Gasteiger partial charge in [0.05, 0.1) is 6.61 Å². The maximum absolute atomic E-state index is 9.61.